The summed E-state index contributed by atoms with van der Waals surface area (Å²) >= 11 is 0. The van der Waals surface area contributed by atoms with Gasteiger partial charge in [0, 0.05) is 17.5 Å². The van der Waals surface area contributed by atoms with Crippen LogP contribution in [0.2, 0.25) is 0 Å². The maximum Gasteiger partial charge on any atom is 0.0331 e. The van der Waals surface area contributed by atoms with Gasteiger partial charge >= 0.3 is 0 Å². The van der Waals surface area contributed by atoms with E-state index in [-0.39, 0.29) is 0 Å². The quantitative estimate of drug-likeness (QED) is 0.801. The van der Waals surface area contributed by atoms with Crippen molar-refractivity contribution in [2.24, 2.45) is 0 Å². The van der Waals surface area contributed by atoms with Crippen LogP contribution in [0.5, 0.6) is 0 Å². The van der Waals surface area contributed by atoms with Gasteiger partial charge in [0.2, 0.25) is 0 Å². The third-order valence-electron chi connectivity index (χ3n) is 5.75. The van der Waals surface area contributed by atoms with Gasteiger partial charge in [0.05, 0.1) is 0 Å². The molecule has 2 unspecified atom stereocenters. The van der Waals surface area contributed by atoms with Crippen LogP contribution in [0.15, 0.2) is 60.7 Å². The second kappa shape index (κ2) is 5.89. The van der Waals surface area contributed by atoms with Crippen LogP contribution in [-0.4, -0.2) is 5.54 Å². The highest BCUT2D eigenvalue weighted by Crippen LogP contribution is 2.50. The minimum absolute atomic E-state index is 0.320. The fourth-order valence-corrected chi connectivity index (χ4v) is 4.69. The minimum Gasteiger partial charge on any atom is -0.304 e. The van der Waals surface area contributed by atoms with E-state index in [1.54, 1.807) is 0 Å². The van der Waals surface area contributed by atoms with Crippen molar-refractivity contribution in [2.45, 2.75) is 56.0 Å². The summed E-state index contributed by atoms with van der Waals surface area (Å²) in [4.78, 5) is 0. The summed E-state index contributed by atoms with van der Waals surface area (Å²) < 4.78 is 0. The number of hydrogen-bond acceptors (Lipinski definition) is 1. The summed E-state index contributed by atoms with van der Waals surface area (Å²) in [5, 5.41) is 4.07. The lowest BCUT2D eigenvalue weighted by Crippen LogP contribution is -2.46. The van der Waals surface area contributed by atoms with E-state index in [1.807, 2.05) is 0 Å². The van der Waals surface area contributed by atoms with E-state index in [0.717, 1.165) is 0 Å². The molecule has 22 heavy (non-hydrogen) atoms. The van der Waals surface area contributed by atoms with E-state index in [0.29, 0.717) is 17.5 Å². The number of benzene rings is 2. The molecule has 1 spiro atoms. The van der Waals surface area contributed by atoms with Gasteiger partial charge in [-0.05, 0) is 30.4 Å². The molecule has 2 fully saturated rings. The van der Waals surface area contributed by atoms with Crippen LogP contribution in [0, 0.1) is 0 Å². The fourth-order valence-electron chi connectivity index (χ4n) is 4.69. The van der Waals surface area contributed by atoms with Crippen LogP contribution in [0.4, 0.5) is 0 Å². The Morgan fingerprint density at radius 2 is 1.32 bits per heavy atom. The van der Waals surface area contributed by atoms with Crippen molar-refractivity contribution in [1.29, 1.82) is 0 Å². The van der Waals surface area contributed by atoms with Crippen molar-refractivity contribution in [3.05, 3.63) is 71.8 Å². The summed E-state index contributed by atoms with van der Waals surface area (Å²) in [7, 11) is 0. The van der Waals surface area contributed by atoms with E-state index in [2.05, 4.69) is 66.0 Å². The largest absolute Gasteiger partial charge is 0.304 e. The first-order valence-corrected chi connectivity index (χ1v) is 8.75. The molecular formula is C21H25N. The maximum absolute atomic E-state index is 4.07. The smallest absolute Gasteiger partial charge is 0.0331 e. The molecule has 2 aliphatic rings. The second-order valence-electron chi connectivity index (χ2n) is 7.02. The first kappa shape index (κ1) is 14.0. The molecule has 2 atom stereocenters. The van der Waals surface area contributed by atoms with Crippen molar-refractivity contribution in [1.82, 2.24) is 5.32 Å². The van der Waals surface area contributed by atoms with Crippen LogP contribution < -0.4 is 5.32 Å². The topological polar surface area (TPSA) is 12.0 Å². The predicted molar refractivity (Wildman–Crippen MR) is 91.9 cm³/mol. The van der Waals surface area contributed by atoms with Gasteiger partial charge in [0.25, 0.3) is 0 Å². The molecular weight excluding hydrogens is 266 g/mol. The van der Waals surface area contributed by atoms with Gasteiger partial charge in [-0.3, -0.25) is 0 Å². The first-order valence-electron chi connectivity index (χ1n) is 8.75. The Balaban J connectivity index is 1.68. The molecule has 1 heterocycles. The minimum atomic E-state index is 0.320. The Labute approximate surface area is 133 Å². The zero-order valence-electron chi connectivity index (χ0n) is 13.2. The molecule has 1 saturated carbocycles. The molecule has 0 aromatic heterocycles. The molecule has 4 rings (SSSR count). The van der Waals surface area contributed by atoms with Crippen LogP contribution in [0.25, 0.3) is 0 Å². The van der Waals surface area contributed by atoms with Gasteiger partial charge in [-0.1, -0.05) is 79.9 Å². The predicted octanol–water partition coefficient (Wildman–Crippen LogP) is 5.21. The molecule has 114 valence electrons. The van der Waals surface area contributed by atoms with Crippen molar-refractivity contribution < 1.29 is 0 Å². The fraction of sp³-hybridized carbons (Fsp3) is 0.429. The lowest BCUT2D eigenvalue weighted by Gasteiger charge is -2.39. The molecule has 0 bridgehead atoms. The van der Waals surface area contributed by atoms with Gasteiger partial charge in [-0.15, -0.1) is 0 Å². The summed E-state index contributed by atoms with van der Waals surface area (Å²) in [6.45, 7) is 0. The highest BCUT2D eigenvalue weighted by atomic mass is 15.1. The van der Waals surface area contributed by atoms with Crippen molar-refractivity contribution in [3.63, 3.8) is 0 Å². The van der Waals surface area contributed by atoms with E-state index in [4.69, 9.17) is 0 Å². The van der Waals surface area contributed by atoms with Crippen LogP contribution in [0.1, 0.15) is 61.6 Å². The number of hydrogen-bond donors (Lipinski definition) is 1. The molecule has 1 nitrogen and oxygen atoms in total. The lowest BCUT2D eigenvalue weighted by atomic mass is 9.71. The van der Waals surface area contributed by atoms with Gasteiger partial charge in [-0.2, -0.15) is 0 Å². The summed E-state index contributed by atoms with van der Waals surface area (Å²) in [6, 6.07) is 22.7. The standard InChI is InChI=1S/C21H25N/c1-4-10-17(11-5-1)19-16-20(18-12-6-2-7-13-18)22-21(19)14-8-3-9-15-21/h1-2,4-7,10-13,19-20,22H,3,8-9,14-16H2. The summed E-state index contributed by atoms with van der Waals surface area (Å²) in [5.41, 5.74) is 3.29. The Hall–Kier alpha value is -1.60. The third kappa shape index (κ3) is 2.48. The van der Waals surface area contributed by atoms with Crippen molar-refractivity contribution in [2.75, 3.05) is 0 Å². The van der Waals surface area contributed by atoms with Gasteiger partial charge in [-0.25, -0.2) is 0 Å². The van der Waals surface area contributed by atoms with Gasteiger partial charge in [0.15, 0.2) is 0 Å². The lowest BCUT2D eigenvalue weighted by molar-refractivity contribution is 0.231. The van der Waals surface area contributed by atoms with E-state index in [9.17, 15) is 0 Å². The molecule has 1 aliphatic heterocycles. The molecule has 1 N–H and O–H groups in total. The van der Waals surface area contributed by atoms with Crippen molar-refractivity contribution >= 4 is 0 Å². The monoisotopic (exact) mass is 291 g/mol. The highest BCUT2D eigenvalue weighted by molar-refractivity contribution is 5.31. The molecule has 1 aliphatic carbocycles. The molecule has 1 saturated heterocycles. The average Bonchev–Trinajstić information content (AvgIpc) is 2.96. The second-order valence-corrected chi connectivity index (χ2v) is 7.02. The molecule has 2 aromatic rings. The van der Waals surface area contributed by atoms with Gasteiger partial charge < -0.3 is 5.32 Å². The molecule has 1 heteroatoms. The summed E-state index contributed by atoms with van der Waals surface area (Å²) in [5.74, 6) is 0.652. The Bertz CT molecular complexity index is 598. The molecule has 0 amide bonds. The zero-order valence-corrected chi connectivity index (χ0v) is 13.2. The van der Waals surface area contributed by atoms with E-state index >= 15 is 0 Å². The number of rotatable bonds is 2. The maximum atomic E-state index is 4.07. The zero-order chi connectivity index (χ0) is 14.8. The highest BCUT2D eigenvalue weighted by Gasteiger charge is 2.47. The Kier molecular flexibility index (Phi) is 3.75. The van der Waals surface area contributed by atoms with Gasteiger partial charge in [0.1, 0.15) is 0 Å². The van der Waals surface area contributed by atoms with Crippen molar-refractivity contribution in [3.8, 4) is 0 Å². The molecule has 2 aromatic carbocycles. The van der Waals surface area contributed by atoms with Crippen LogP contribution >= 0.6 is 0 Å². The van der Waals surface area contributed by atoms with E-state index < -0.39 is 0 Å². The Morgan fingerprint density at radius 3 is 1.95 bits per heavy atom. The normalized spacial score (nSPS) is 27.1. The first-order chi connectivity index (χ1) is 10.9. The SMILES string of the molecule is c1ccc(C2CC(c3ccccc3)C3(CCCCC3)N2)cc1. The average molecular weight is 291 g/mol. The third-order valence-corrected chi connectivity index (χ3v) is 5.75. The number of nitrogens with one attached hydrogen (secondary N) is 1. The molecule has 0 radical (unpaired) electrons. The van der Waals surface area contributed by atoms with Crippen LogP contribution in [-0.2, 0) is 0 Å². The summed E-state index contributed by atoms with van der Waals surface area (Å²) in [6.07, 6.45) is 8.04. The van der Waals surface area contributed by atoms with Crippen LogP contribution in [0.3, 0.4) is 0 Å². The van der Waals surface area contributed by atoms with E-state index in [1.165, 1.54) is 49.7 Å². The Morgan fingerprint density at radius 1 is 0.727 bits per heavy atom.